The van der Waals surface area contributed by atoms with E-state index < -0.39 is 0 Å². The zero-order chi connectivity index (χ0) is 19.8. The molecule has 1 aromatic heterocycles. The number of nitrogens with zero attached hydrogens (tertiary/aromatic N) is 1. The molecule has 146 valence electrons. The summed E-state index contributed by atoms with van der Waals surface area (Å²) in [6.45, 7) is 5.25. The minimum absolute atomic E-state index is 0.0552. The Hall–Kier alpha value is -1.69. The summed E-state index contributed by atoms with van der Waals surface area (Å²) in [5.74, 6) is 0.855. The van der Waals surface area contributed by atoms with Crippen LogP contribution in [0.5, 0.6) is 5.75 Å². The number of aromatic nitrogens is 1. The molecule has 4 rings (SSSR count). The smallest absolute Gasteiger partial charge is 0.137 e. The number of methoxy groups -OCH3 is 1. The van der Waals surface area contributed by atoms with Crippen molar-refractivity contribution in [2.24, 2.45) is 0 Å². The topological polar surface area (TPSA) is 28.3 Å². The van der Waals surface area contributed by atoms with Crippen LogP contribution in [0.3, 0.4) is 0 Å². The van der Waals surface area contributed by atoms with Crippen molar-refractivity contribution in [2.45, 2.75) is 31.6 Å². The van der Waals surface area contributed by atoms with Gasteiger partial charge in [0.05, 0.1) is 13.2 Å². The number of nitrogens with one attached hydrogen (secondary N) is 1. The number of ether oxygens (including phenoxy) is 1. The Labute approximate surface area is 180 Å². The van der Waals surface area contributed by atoms with Gasteiger partial charge in [0.1, 0.15) is 10.1 Å². The number of fused-ring (bicyclic) bond motifs is 3. The zero-order valence-corrected chi connectivity index (χ0v) is 18.5. The van der Waals surface area contributed by atoms with Crippen molar-refractivity contribution in [3.8, 4) is 5.75 Å². The van der Waals surface area contributed by atoms with Crippen LogP contribution >= 0.6 is 35.6 Å². The Bertz CT molecular complexity index is 1010. The summed E-state index contributed by atoms with van der Waals surface area (Å²) in [4.78, 5) is 6.01. The molecule has 0 radical (unpaired) electrons. The molecule has 3 nitrogen and oxygen atoms in total. The maximum Gasteiger partial charge on any atom is 0.137 e. The first-order chi connectivity index (χ1) is 13.5. The lowest BCUT2D eigenvalue weighted by Gasteiger charge is -2.38. The van der Waals surface area contributed by atoms with E-state index in [1.165, 1.54) is 22.2 Å². The summed E-state index contributed by atoms with van der Waals surface area (Å²) in [6.07, 6.45) is 0.946. The molecule has 1 atom stereocenters. The maximum atomic E-state index is 6.28. The molecule has 1 unspecified atom stereocenters. The predicted molar refractivity (Wildman–Crippen MR) is 124 cm³/mol. The number of halogens is 1. The molecule has 1 N–H and O–H groups in total. The van der Waals surface area contributed by atoms with E-state index in [0.29, 0.717) is 5.25 Å². The summed E-state index contributed by atoms with van der Waals surface area (Å²) in [6, 6.07) is 14.4. The number of thiocarbonyl (C=S) groups is 1. The molecule has 28 heavy (non-hydrogen) atoms. The molecule has 0 bridgehead atoms. The van der Waals surface area contributed by atoms with Gasteiger partial charge >= 0.3 is 0 Å². The van der Waals surface area contributed by atoms with Crippen LogP contribution in [0.2, 0.25) is 5.02 Å². The SMILES string of the molecule is COc1ccc(C2c3[nH]c4ccc(Cl)cc4c3CCN2C(=S)SC(C)C)cc1. The monoisotopic (exact) mass is 430 g/mol. The number of rotatable bonds is 3. The van der Waals surface area contributed by atoms with Gasteiger partial charge in [-0.15, -0.1) is 0 Å². The third-order valence-electron chi connectivity index (χ3n) is 5.09. The van der Waals surface area contributed by atoms with E-state index in [2.05, 4.69) is 48.0 Å². The normalized spacial score (nSPS) is 16.5. The van der Waals surface area contributed by atoms with Crippen molar-refractivity contribution in [3.05, 3.63) is 64.3 Å². The molecule has 1 aliphatic heterocycles. The maximum absolute atomic E-state index is 6.28. The van der Waals surface area contributed by atoms with Crippen LogP contribution in [-0.4, -0.2) is 33.1 Å². The zero-order valence-electron chi connectivity index (χ0n) is 16.2. The Morgan fingerprint density at radius 3 is 2.68 bits per heavy atom. The molecule has 2 heterocycles. The second-order valence-electron chi connectivity index (χ2n) is 7.26. The first kappa shape index (κ1) is 19.6. The van der Waals surface area contributed by atoms with Crippen molar-refractivity contribution in [2.75, 3.05) is 13.7 Å². The molecule has 0 saturated carbocycles. The van der Waals surface area contributed by atoms with E-state index in [-0.39, 0.29) is 6.04 Å². The van der Waals surface area contributed by atoms with Gasteiger partial charge in [0.15, 0.2) is 0 Å². The Kier molecular flexibility index (Phi) is 5.59. The Balaban J connectivity index is 1.84. The number of benzene rings is 2. The number of thioether (sulfide) groups is 1. The van der Waals surface area contributed by atoms with E-state index in [0.717, 1.165) is 33.6 Å². The second-order valence-corrected chi connectivity index (χ2v) is 9.91. The summed E-state index contributed by atoms with van der Waals surface area (Å²) >= 11 is 13.9. The number of H-pyrrole nitrogens is 1. The third-order valence-corrected chi connectivity index (χ3v) is 6.76. The van der Waals surface area contributed by atoms with Crippen LogP contribution in [0.1, 0.15) is 36.7 Å². The lowest BCUT2D eigenvalue weighted by atomic mass is 9.93. The van der Waals surface area contributed by atoms with Crippen molar-refractivity contribution in [1.29, 1.82) is 0 Å². The van der Waals surface area contributed by atoms with Gasteiger partial charge in [-0.3, -0.25) is 0 Å². The quantitative estimate of drug-likeness (QED) is 0.500. The van der Waals surface area contributed by atoms with Crippen molar-refractivity contribution in [3.63, 3.8) is 0 Å². The van der Waals surface area contributed by atoms with Gasteiger partial charge in [-0.1, -0.05) is 61.6 Å². The van der Waals surface area contributed by atoms with Crippen molar-refractivity contribution in [1.82, 2.24) is 9.88 Å². The van der Waals surface area contributed by atoms with E-state index in [1.54, 1.807) is 18.9 Å². The molecule has 0 saturated heterocycles. The highest BCUT2D eigenvalue weighted by molar-refractivity contribution is 8.23. The summed E-state index contributed by atoms with van der Waals surface area (Å²) in [5, 5.41) is 2.43. The van der Waals surface area contributed by atoms with Crippen LogP contribution in [0, 0.1) is 0 Å². The van der Waals surface area contributed by atoms with Gasteiger partial charge < -0.3 is 14.6 Å². The van der Waals surface area contributed by atoms with Gasteiger partial charge in [-0.05, 0) is 47.9 Å². The molecule has 0 fully saturated rings. The van der Waals surface area contributed by atoms with Gasteiger partial charge in [0.25, 0.3) is 0 Å². The summed E-state index contributed by atoms with van der Waals surface area (Å²) in [7, 11) is 1.69. The van der Waals surface area contributed by atoms with Crippen molar-refractivity contribution < 1.29 is 4.74 Å². The summed E-state index contributed by atoms with van der Waals surface area (Å²) in [5.41, 5.74) is 4.87. The number of aromatic amines is 1. The highest BCUT2D eigenvalue weighted by Gasteiger charge is 2.33. The molecule has 6 heteroatoms. The fraction of sp³-hybridized carbons (Fsp3) is 0.318. The van der Waals surface area contributed by atoms with Crippen LogP contribution < -0.4 is 4.74 Å². The second kappa shape index (κ2) is 7.97. The molecule has 0 amide bonds. The molecule has 0 spiro atoms. The molecule has 3 aromatic rings. The first-order valence-electron chi connectivity index (χ1n) is 9.39. The van der Waals surface area contributed by atoms with Crippen LogP contribution in [-0.2, 0) is 6.42 Å². The van der Waals surface area contributed by atoms with Gasteiger partial charge in [-0.25, -0.2) is 0 Å². The lowest BCUT2D eigenvalue weighted by Crippen LogP contribution is -2.38. The molecular formula is C22H23ClN2OS2. The van der Waals surface area contributed by atoms with Gasteiger partial charge in [-0.2, -0.15) is 0 Å². The van der Waals surface area contributed by atoms with Crippen molar-refractivity contribution >= 4 is 50.8 Å². The summed E-state index contributed by atoms with van der Waals surface area (Å²) < 4.78 is 6.29. The minimum atomic E-state index is 0.0552. The van der Waals surface area contributed by atoms with Gasteiger partial charge in [0, 0.05) is 33.4 Å². The average molecular weight is 431 g/mol. The fourth-order valence-corrected chi connectivity index (χ4v) is 5.54. The predicted octanol–water partition coefficient (Wildman–Crippen LogP) is 6.20. The largest absolute Gasteiger partial charge is 0.497 e. The van der Waals surface area contributed by atoms with E-state index in [4.69, 9.17) is 28.6 Å². The third kappa shape index (κ3) is 3.63. The van der Waals surface area contributed by atoms with Crippen LogP contribution in [0.15, 0.2) is 42.5 Å². The first-order valence-corrected chi connectivity index (χ1v) is 11.1. The molecular weight excluding hydrogens is 408 g/mol. The lowest BCUT2D eigenvalue weighted by molar-refractivity contribution is 0.345. The standard InChI is InChI=1S/C22H23ClN2OS2/c1-13(2)28-22(27)25-11-10-17-18-12-15(23)6-9-19(18)24-20(17)21(25)14-4-7-16(26-3)8-5-14/h4-9,12-13,21,24H,10-11H2,1-3H3. The highest BCUT2D eigenvalue weighted by atomic mass is 35.5. The van der Waals surface area contributed by atoms with E-state index in [9.17, 15) is 0 Å². The fourth-order valence-electron chi connectivity index (χ4n) is 3.86. The Morgan fingerprint density at radius 2 is 2.00 bits per heavy atom. The minimum Gasteiger partial charge on any atom is -0.497 e. The van der Waals surface area contributed by atoms with E-state index >= 15 is 0 Å². The van der Waals surface area contributed by atoms with Crippen LogP contribution in [0.4, 0.5) is 0 Å². The Morgan fingerprint density at radius 1 is 1.25 bits per heavy atom. The highest BCUT2D eigenvalue weighted by Crippen LogP contribution is 2.41. The molecule has 2 aromatic carbocycles. The van der Waals surface area contributed by atoms with E-state index in [1.807, 2.05) is 18.2 Å². The average Bonchev–Trinajstić information content (AvgIpc) is 3.04. The molecule has 1 aliphatic rings. The van der Waals surface area contributed by atoms with Crippen LogP contribution in [0.25, 0.3) is 10.9 Å². The number of hydrogen-bond acceptors (Lipinski definition) is 3. The number of hydrogen-bond donors (Lipinski definition) is 1. The van der Waals surface area contributed by atoms with Gasteiger partial charge in [0.2, 0.25) is 0 Å². The molecule has 0 aliphatic carbocycles.